The lowest BCUT2D eigenvalue weighted by molar-refractivity contribution is 1.11. The molecule has 0 aliphatic carbocycles. The van der Waals surface area contributed by atoms with E-state index in [2.05, 4.69) is 44.2 Å². The average Bonchev–Trinajstić information content (AvgIpc) is 3.25. The van der Waals surface area contributed by atoms with E-state index in [1.54, 1.807) is 12.4 Å². The molecule has 1 aromatic carbocycles. The molecule has 0 spiro atoms. The van der Waals surface area contributed by atoms with Gasteiger partial charge in [0, 0.05) is 48.3 Å². The summed E-state index contributed by atoms with van der Waals surface area (Å²) >= 11 is 0. The van der Waals surface area contributed by atoms with Crippen molar-refractivity contribution in [3.05, 3.63) is 73.6 Å². The van der Waals surface area contributed by atoms with Gasteiger partial charge in [-0.25, -0.2) is 19.9 Å². The first-order valence-corrected chi connectivity index (χ1v) is 7.57. The fourth-order valence-electron chi connectivity index (χ4n) is 2.75. The summed E-state index contributed by atoms with van der Waals surface area (Å²) < 4.78 is 3.83. The van der Waals surface area contributed by atoms with E-state index in [0.717, 1.165) is 22.5 Å². The van der Waals surface area contributed by atoms with Gasteiger partial charge in [-0.1, -0.05) is 24.3 Å². The van der Waals surface area contributed by atoms with Gasteiger partial charge in [-0.2, -0.15) is 0 Å². The second-order valence-corrected chi connectivity index (χ2v) is 5.48. The van der Waals surface area contributed by atoms with Crippen LogP contribution in [-0.2, 0) is 0 Å². The Labute approximate surface area is 137 Å². The molecule has 114 valence electrons. The van der Waals surface area contributed by atoms with E-state index in [1.807, 2.05) is 45.7 Å². The van der Waals surface area contributed by atoms with Crippen LogP contribution < -0.4 is 0 Å². The van der Waals surface area contributed by atoms with Crippen molar-refractivity contribution in [1.82, 2.24) is 28.7 Å². The molecule has 5 aromatic rings. The molecule has 0 atom stereocenters. The summed E-state index contributed by atoms with van der Waals surface area (Å²) in [7, 11) is 0. The Morgan fingerprint density at radius 1 is 0.625 bits per heavy atom. The van der Waals surface area contributed by atoms with Gasteiger partial charge in [0.1, 0.15) is 0 Å². The molecule has 0 unspecified atom stereocenters. The van der Waals surface area contributed by atoms with Gasteiger partial charge in [0.25, 0.3) is 0 Å². The molecule has 24 heavy (non-hydrogen) atoms. The number of nitrogens with zero attached hydrogens (tertiary/aromatic N) is 6. The molecule has 0 bridgehead atoms. The summed E-state index contributed by atoms with van der Waals surface area (Å²) in [5, 5.41) is 0. The number of hydrogen-bond acceptors (Lipinski definition) is 4. The molecule has 0 saturated carbocycles. The Morgan fingerprint density at radius 3 is 1.50 bits per heavy atom. The van der Waals surface area contributed by atoms with Crippen molar-refractivity contribution in [1.29, 1.82) is 0 Å². The van der Waals surface area contributed by atoms with Gasteiger partial charge in [-0.15, -0.1) is 0 Å². The Morgan fingerprint density at radius 2 is 1.08 bits per heavy atom. The topological polar surface area (TPSA) is 60.4 Å². The van der Waals surface area contributed by atoms with Crippen molar-refractivity contribution in [3.8, 4) is 22.5 Å². The molecule has 0 saturated heterocycles. The van der Waals surface area contributed by atoms with E-state index < -0.39 is 0 Å². The highest BCUT2D eigenvalue weighted by Gasteiger charge is 2.07. The predicted molar refractivity (Wildman–Crippen MR) is 90.4 cm³/mol. The number of fused-ring (bicyclic) bond motifs is 2. The quantitative estimate of drug-likeness (QED) is 0.502. The first-order chi connectivity index (χ1) is 11.9. The summed E-state index contributed by atoms with van der Waals surface area (Å²) in [5.74, 6) is 1.39. The van der Waals surface area contributed by atoms with Gasteiger partial charge < -0.3 is 0 Å². The third kappa shape index (κ3) is 2.04. The molecule has 4 aromatic heterocycles. The number of benzene rings is 1. The minimum Gasteiger partial charge on any atom is -0.291 e. The zero-order valence-corrected chi connectivity index (χ0v) is 12.6. The van der Waals surface area contributed by atoms with Crippen molar-refractivity contribution in [2.45, 2.75) is 0 Å². The molecule has 0 aliphatic heterocycles. The third-order valence-electron chi connectivity index (χ3n) is 3.95. The Kier molecular flexibility index (Phi) is 2.69. The molecule has 5 rings (SSSR count). The van der Waals surface area contributed by atoms with Gasteiger partial charge in [0.05, 0.1) is 11.4 Å². The second kappa shape index (κ2) is 4.99. The van der Waals surface area contributed by atoms with Crippen LogP contribution in [0.2, 0.25) is 0 Å². The van der Waals surface area contributed by atoms with E-state index in [4.69, 9.17) is 0 Å². The highest BCUT2D eigenvalue weighted by molar-refractivity contribution is 5.68. The Bertz CT molecular complexity index is 994. The summed E-state index contributed by atoms with van der Waals surface area (Å²) in [5.41, 5.74) is 3.89. The second-order valence-electron chi connectivity index (χ2n) is 5.48. The Balaban J connectivity index is 1.54. The molecule has 0 amide bonds. The minimum absolute atomic E-state index is 0.697. The van der Waals surface area contributed by atoms with Crippen molar-refractivity contribution >= 4 is 11.6 Å². The smallest absolute Gasteiger partial charge is 0.234 e. The monoisotopic (exact) mass is 312 g/mol. The average molecular weight is 312 g/mol. The van der Waals surface area contributed by atoms with Crippen LogP contribution in [0.5, 0.6) is 0 Å². The first kappa shape index (κ1) is 13.0. The van der Waals surface area contributed by atoms with Crippen molar-refractivity contribution in [2.75, 3.05) is 0 Å². The van der Waals surface area contributed by atoms with Crippen LogP contribution in [0.1, 0.15) is 0 Å². The summed E-state index contributed by atoms with van der Waals surface area (Å²) in [4.78, 5) is 17.6. The van der Waals surface area contributed by atoms with Crippen LogP contribution in [-0.4, -0.2) is 28.7 Å². The number of imidazole rings is 2. The molecule has 6 nitrogen and oxygen atoms in total. The zero-order valence-electron chi connectivity index (χ0n) is 12.6. The van der Waals surface area contributed by atoms with E-state index in [1.165, 1.54) is 0 Å². The third-order valence-corrected chi connectivity index (χ3v) is 3.95. The van der Waals surface area contributed by atoms with Gasteiger partial charge in [-0.05, 0) is 12.1 Å². The lowest BCUT2D eigenvalue weighted by atomic mass is 10.1. The van der Waals surface area contributed by atoms with E-state index in [9.17, 15) is 0 Å². The van der Waals surface area contributed by atoms with Crippen molar-refractivity contribution < 1.29 is 0 Å². The highest BCUT2D eigenvalue weighted by Crippen LogP contribution is 2.24. The molecule has 0 radical (unpaired) electrons. The fourth-order valence-corrected chi connectivity index (χ4v) is 2.75. The van der Waals surface area contributed by atoms with Crippen LogP contribution in [0.15, 0.2) is 73.6 Å². The van der Waals surface area contributed by atoms with Gasteiger partial charge >= 0.3 is 0 Å². The summed E-state index contributed by atoms with van der Waals surface area (Å²) in [6.45, 7) is 0. The predicted octanol–water partition coefficient (Wildman–Crippen LogP) is 3.11. The number of aromatic nitrogens is 6. The van der Waals surface area contributed by atoms with Crippen LogP contribution in [0.4, 0.5) is 0 Å². The normalized spacial score (nSPS) is 11.3. The van der Waals surface area contributed by atoms with Crippen LogP contribution in [0.3, 0.4) is 0 Å². The van der Waals surface area contributed by atoms with Gasteiger partial charge in [-0.3, -0.25) is 8.80 Å². The van der Waals surface area contributed by atoms with Crippen LogP contribution in [0, 0.1) is 0 Å². The van der Waals surface area contributed by atoms with E-state index in [-0.39, 0.29) is 0 Å². The maximum absolute atomic E-state index is 4.54. The zero-order chi connectivity index (χ0) is 15.9. The van der Waals surface area contributed by atoms with E-state index >= 15 is 0 Å². The van der Waals surface area contributed by atoms with Crippen molar-refractivity contribution in [3.63, 3.8) is 0 Å². The molecule has 6 heteroatoms. The maximum atomic E-state index is 4.54. The van der Waals surface area contributed by atoms with Crippen LogP contribution in [0.25, 0.3) is 34.1 Å². The molecular formula is C18H12N6. The van der Waals surface area contributed by atoms with Crippen LogP contribution >= 0.6 is 0 Å². The first-order valence-electron chi connectivity index (χ1n) is 7.57. The molecule has 0 fully saturated rings. The number of hydrogen-bond donors (Lipinski definition) is 0. The molecule has 0 aliphatic rings. The van der Waals surface area contributed by atoms with Crippen molar-refractivity contribution in [2.24, 2.45) is 0 Å². The summed E-state index contributed by atoms with van der Waals surface area (Å²) in [6, 6.07) is 12.0. The standard InChI is InChI=1S/C18H12N6/c1-7-19-17-21-15(11-23(17)9-1)13-3-5-14(6-4-13)16-12-24-10-2-8-20-18(24)22-16/h1-12H. The minimum atomic E-state index is 0.697. The molecular weight excluding hydrogens is 300 g/mol. The SMILES string of the molecule is c1cnc2nc(-c3ccc(-c4cn5cccnc5n4)cc3)cn2c1. The Hall–Kier alpha value is -3.54. The lowest BCUT2D eigenvalue weighted by Gasteiger charge is -1.99. The molecule has 0 N–H and O–H groups in total. The number of rotatable bonds is 2. The largest absolute Gasteiger partial charge is 0.291 e. The van der Waals surface area contributed by atoms with Gasteiger partial charge in [0.15, 0.2) is 0 Å². The lowest BCUT2D eigenvalue weighted by Crippen LogP contribution is -1.83. The van der Waals surface area contributed by atoms with E-state index in [0.29, 0.717) is 11.6 Å². The highest BCUT2D eigenvalue weighted by atomic mass is 15.1. The summed E-state index contributed by atoms with van der Waals surface area (Å²) in [6.07, 6.45) is 11.3. The van der Waals surface area contributed by atoms with Gasteiger partial charge in [0.2, 0.25) is 11.6 Å². The maximum Gasteiger partial charge on any atom is 0.234 e. The fraction of sp³-hybridized carbons (Fsp3) is 0. The molecule has 4 heterocycles.